The van der Waals surface area contributed by atoms with Gasteiger partial charge in [0.05, 0.1) is 10.3 Å². The first-order valence-electron chi connectivity index (χ1n) is 7.69. The molecule has 0 spiro atoms. The third-order valence-electron chi connectivity index (χ3n) is 3.99. The summed E-state index contributed by atoms with van der Waals surface area (Å²) >= 11 is 1.29. The van der Waals surface area contributed by atoms with E-state index in [9.17, 15) is 14.0 Å². The first-order chi connectivity index (χ1) is 12.1. The van der Waals surface area contributed by atoms with Gasteiger partial charge in [-0.25, -0.2) is 4.39 Å². The van der Waals surface area contributed by atoms with Crippen molar-refractivity contribution < 1.29 is 9.18 Å². The Balaban J connectivity index is 1.66. The second-order valence-electron chi connectivity index (χ2n) is 5.66. The van der Waals surface area contributed by atoms with E-state index in [1.807, 2.05) is 24.3 Å². The van der Waals surface area contributed by atoms with E-state index in [1.54, 1.807) is 18.2 Å². The number of pyridine rings is 1. The second-order valence-corrected chi connectivity index (χ2v) is 6.71. The molecule has 0 aliphatic heterocycles. The molecule has 4 rings (SSSR count). The molecule has 0 saturated heterocycles. The summed E-state index contributed by atoms with van der Waals surface area (Å²) in [7, 11) is 0. The van der Waals surface area contributed by atoms with E-state index in [2.05, 4.69) is 10.3 Å². The molecule has 0 aliphatic carbocycles. The molecule has 6 heteroatoms. The Labute approximate surface area is 145 Å². The second kappa shape index (κ2) is 6.14. The number of H-pyrrole nitrogens is 1. The number of hydrogen-bond donors (Lipinski definition) is 2. The number of carbonyl (C=O) groups excluding carboxylic acids is 1. The Morgan fingerprint density at radius 3 is 2.64 bits per heavy atom. The van der Waals surface area contributed by atoms with Gasteiger partial charge in [0, 0.05) is 22.1 Å². The molecular formula is C19H13FN2O2S. The Hall–Kier alpha value is -2.99. The van der Waals surface area contributed by atoms with E-state index in [-0.39, 0.29) is 17.3 Å². The van der Waals surface area contributed by atoms with E-state index < -0.39 is 0 Å². The third kappa shape index (κ3) is 2.92. The highest BCUT2D eigenvalue weighted by Gasteiger charge is 2.14. The first-order valence-corrected chi connectivity index (χ1v) is 8.51. The number of carbonyl (C=O) groups is 1. The number of amides is 1. The summed E-state index contributed by atoms with van der Waals surface area (Å²) in [6, 6.07) is 15.1. The molecule has 0 unspecified atom stereocenters. The van der Waals surface area contributed by atoms with Crippen LogP contribution in [-0.4, -0.2) is 10.9 Å². The van der Waals surface area contributed by atoms with Crippen LogP contribution in [-0.2, 0) is 6.54 Å². The number of halogens is 1. The van der Waals surface area contributed by atoms with Gasteiger partial charge >= 0.3 is 0 Å². The Morgan fingerprint density at radius 2 is 1.84 bits per heavy atom. The highest BCUT2D eigenvalue weighted by atomic mass is 32.1. The van der Waals surface area contributed by atoms with Crippen molar-refractivity contribution in [2.45, 2.75) is 6.54 Å². The van der Waals surface area contributed by atoms with Gasteiger partial charge in [-0.3, -0.25) is 9.59 Å². The summed E-state index contributed by atoms with van der Waals surface area (Å²) in [6.07, 6.45) is 0. The Morgan fingerprint density at radius 1 is 1.08 bits per heavy atom. The number of rotatable bonds is 3. The first kappa shape index (κ1) is 15.5. The lowest BCUT2D eigenvalue weighted by Crippen LogP contribution is -2.21. The maximum atomic E-state index is 12.9. The van der Waals surface area contributed by atoms with E-state index in [0.717, 1.165) is 21.2 Å². The zero-order valence-electron chi connectivity index (χ0n) is 13.0. The molecule has 2 heterocycles. The van der Waals surface area contributed by atoms with Crippen molar-refractivity contribution in [3.63, 3.8) is 0 Å². The maximum Gasteiger partial charge on any atom is 0.261 e. The highest BCUT2D eigenvalue weighted by molar-refractivity contribution is 7.21. The number of fused-ring (bicyclic) bond motifs is 3. The average Bonchev–Trinajstić information content (AvgIpc) is 3.07. The number of aromatic amines is 1. The van der Waals surface area contributed by atoms with Gasteiger partial charge in [-0.15, -0.1) is 11.3 Å². The number of hydrogen-bond acceptors (Lipinski definition) is 3. The van der Waals surface area contributed by atoms with Crippen molar-refractivity contribution in [2.75, 3.05) is 0 Å². The summed E-state index contributed by atoms with van der Waals surface area (Å²) in [5, 5.41) is 4.23. The maximum absolute atomic E-state index is 12.9. The average molecular weight is 352 g/mol. The zero-order chi connectivity index (χ0) is 17.4. The van der Waals surface area contributed by atoms with E-state index >= 15 is 0 Å². The number of benzene rings is 2. The molecule has 4 aromatic rings. The molecule has 2 aromatic heterocycles. The normalized spacial score (nSPS) is 11.1. The fourth-order valence-electron chi connectivity index (χ4n) is 2.72. The minimum absolute atomic E-state index is 0.206. The van der Waals surface area contributed by atoms with Gasteiger partial charge in [0.2, 0.25) is 0 Å². The van der Waals surface area contributed by atoms with Gasteiger partial charge in [-0.2, -0.15) is 0 Å². The third-order valence-corrected chi connectivity index (χ3v) is 5.15. The van der Waals surface area contributed by atoms with Crippen LogP contribution in [0, 0.1) is 5.82 Å². The fraction of sp³-hybridized carbons (Fsp3) is 0.0526. The van der Waals surface area contributed by atoms with Crippen LogP contribution in [0.25, 0.3) is 21.0 Å². The lowest BCUT2D eigenvalue weighted by molar-refractivity contribution is 0.0955. The van der Waals surface area contributed by atoms with Gasteiger partial charge in [0.25, 0.3) is 11.5 Å². The van der Waals surface area contributed by atoms with Crippen molar-refractivity contribution in [3.8, 4) is 0 Å². The molecule has 1 amide bonds. The molecule has 0 saturated carbocycles. The molecule has 2 aromatic carbocycles. The molecule has 0 fully saturated rings. The largest absolute Gasteiger partial charge is 0.347 e. The van der Waals surface area contributed by atoms with Crippen molar-refractivity contribution in [2.24, 2.45) is 0 Å². The van der Waals surface area contributed by atoms with Crippen LogP contribution in [0.15, 0.2) is 59.4 Å². The lowest BCUT2D eigenvalue weighted by atomic mass is 10.2. The highest BCUT2D eigenvalue weighted by Crippen LogP contribution is 2.29. The number of para-hydroxylation sites is 1. The molecule has 2 N–H and O–H groups in total. The predicted octanol–water partition coefficient (Wildman–Crippen LogP) is 3.81. The summed E-state index contributed by atoms with van der Waals surface area (Å²) in [5.74, 6) is -0.570. The van der Waals surface area contributed by atoms with Crippen molar-refractivity contribution in [1.82, 2.24) is 10.3 Å². The van der Waals surface area contributed by atoms with Crippen molar-refractivity contribution >= 4 is 38.2 Å². The van der Waals surface area contributed by atoms with Gasteiger partial charge < -0.3 is 10.3 Å². The molecule has 0 radical (unpaired) electrons. The van der Waals surface area contributed by atoms with Crippen LogP contribution >= 0.6 is 11.3 Å². The monoisotopic (exact) mass is 352 g/mol. The Bertz CT molecular complexity index is 1150. The summed E-state index contributed by atoms with van der Waals surface area (Å²) in [5.41, 5.74) is 1.35. The van der Waals surface area contributed by atoms with E-state index in [0.29, 0.717) is 16.8 Å². The van der Waals surface area contributed by atoms with Crippen LogP contribution in [0.3, 0.4) is 0 Å². The van der Waals surface area contributed by atoms with Crippen LogP contribution in [0.1, 0.15) is 15.2 Å². The molecular weight excluding hydrogens is 339 g/mol. The molecule has 124 valence electrons. The standard InChI is InChI=1S/C19H13FN2O2S/c20-12-7-5-11(6-8-12)10-21-19(24)16-9-14-17(25-16)13-3-1-2-4-15(13)22-18(14)23/h1-9H,10H2,(H,21,24)(H,22,23). The topological polar surface area (TPSA) is 62.0 Å². The van der Waals surface area contributed by atoms with Gasteiger partial charge in [-0.1, -0.05) is 30.3 Å². The van der Waals surface area contributed by atoms with E-state index in [1.165, 1.54) is 23.5 Å². The minimum atomic E-state index is -0.314. The summed E-state index contributed by atoms with van der Waals surface area (Å²) in [6.45, 7) is 0.296. The molecule has 25 heavy (non-hydrogen) atoms. The summed E-state index contributed by atoms with van der Waals surface area (Å²) in [4.78, 5) is 27.9. The SMILES string of the molecule is O=C(NCc1ccc(F)cc1)c1cc2c(=O)[nH]c3ccccc3c2s1. The van der Waals surface area contributed by atoms with Crippen molar-refractivity contribution in [1.29, 1.82) is 0 Å². The van der Waals surface area contributed by atoms with Crippen LogP contribution in [0.2, 0.25) is 0 Å². The predicted molar refractivity (Wildman–Crippen MR) is 97.5 cm³/mol. The van der Waals surface area contributed by atoms with Crippen LogP contribution in [0.5, 0.6) is 0 Å². The van der Waals surface area contributed by atoms with E-state index in [4.69, 9.17) is 0 Å². The number of aromatic nitrogens is 1. The van der Waals surface area contributed by atoms with Crippen LogP contribution < -0.4 is 10.9 Å². The van der Waals surface area contributed by atoms with Crippen molar-refractivity contribution in [3.05, 3.63) is 81.2 Å². The molecule has 4 nitrogen and oxygen atoms in total. The van der Waals surface area contributed by atoms with Gasteiger partial charge in [0.1, 0.15) is 5.82 Å². The Kier molecular flexibility index (Phi) is 3.82. The van der Waals surface area contributed by atoms with Crippen LogP contribution in [0.4, 0.5) is 4.39 Å². The number of thiophene rings is 1. The quantitative estimate of drug-likeness (QED) is 0.589. The fourth-order valence-corrected chi connectivity index (χ4v) is 3.83. The molecule has 0 aliphatic rings. The minimum Gasteiger partial charge on any atom is -0.347 e. The number of nitrogens with one attached hydrogen (secondary N) is 2. The zero-order valence-corrected chi connectivity index (χ0v) is 13.8. The summed E-state index contributed by atoms with van der Waals surface area (Å²) < 4.78 is 13.7. The lowest BCUT2D eigenvalue weighted by Gasteiger charge is -2.03. The van der Waals surface area contributed by atoms with Gasteiger partial charge in [0.15, 0.2) is 0 Å². The molecule has 0 bridgehead atoms. The van der Waals surface area contributed by atoms with Gasteiger partial charge in [-0.05, 0) is 29.8 Å². The smallest absolute Gasteiger partial charge is 0.261 e. The molecule has 0 atom stereocenters.